The van der Waals surface area contributed by atoms with E-state index in [1.807, 2.05) is 13.8 Å². The highest BCUT2D eigenvalue weighted by molar-refractivity contribution is 6.30. The number of hydrogen-bond acceptors (Lipinski definition) is 7. The molecule has 0 aliphatic heterocycles. The van der Waals surface area contributed by atoms with Gasteiger partial charge in [-0.25, -0.2) is 24.1 Å². The predicted octanol–water partition coefficient (Wildman–Crippen LogP) is 2.87. The van der Waals surface area contributed by atoms with Gasteiger partial charge in [0.05, 0.1) is 19.1 Å². The van der Waals surface area contributed by atoms with E-state index in [2.05, 4.69) is 14.7 Å². The Morgan fingerprint density at radius 1 is 1.21 bits per heavy atom. The minimum absolute atomic E-state index is 0.0179. The quantitative estimate of drug-likeness (QED) is 0.381. The number of aromatic nitrogens is 5. The normalized spacial score (nSPS) is 11.4. The molecule has 0 saturated heterocycles. The fourth-order valence-electron chi connectivity index (χ4n) is 3.43. The van der Waals surface area contributed by atoms with Gasteiger partial charge in [-0.3, -0.25) is 9.36 Å². The number of benzene rings is 1. The fraction of sp³-hybridized carbons (Fsp3) is 0.318. The monoisotopic (exact) mass is 471 g/mol. The van der Waals surface area contributed by atoms with E-state index in [1.54, 1.807) is 28.8 Å². The standard InChI is InChI=1S/C22H22ClN5O5/c1-13(2)8-9-27-20(29)18-19(28(22(27)31)15-6-4-14(23)5-7-15)24-12-26(18)10-17-25-16(11-33-17)21(30)32-3/h4-7,11-13H,8-10H2,1-3H3. The number of methoxy groups -OCH3 is 1. The second-order valence-electron chi connectivity index (χ2n) is 7.90. The fourth-order valence-corrected chi connectivity index (χ4v) is 3.56. The SMILES string of the molecule is COC(=O)c1coc(Cn2cnc3c2c(=O)n(CCC(C)C)c(=O)n3-c2ccc(Cl)cc2)n1. The summed E-state index contributed by atoms with van der Waals surface area (Å²) in [7, 11) is 1.25. The molecule has 33 heavy (non-hydrogen) atoms. The molecule has 4 rings (SSSR count). The van der Waals surface area contributed by atoms with Crippen molar-refractivity contribution in [2.45, 2.75) is 33.4 Å². The molecular weight excluding hydrogens is 450 g/mol. The molecule has 0 saturated carbocycles. The average Bonchev–Trinajstić information content (AvgIpc) is 3.42. The Morgan fingerprint density at radius 2 is 1.94 bits per heavy atom. The van der Waals surface area contributed by atoms with Crippen molar-refractivity contribution in [1.29, 1.82) is 0 Å². The van der Waals surface area contributed by atoms with Crippen molar-refractivity contribution in [2.75, 3.05) is 7.11 Å². The van der Waals surface area contributed by atoms with Crippen molar-refractivity contribution in [3.8, 4) is 5.69 Å². The molecule has 0 unspecified atom stereocenters. The maximum atomic E-state index is 13.4. The van der Waals surface area contributed by atoms with Crippen LogP contribution in [0.4, 0.5) is 0 Å². The predicted molar refractivity (Wildman–Crippen MR) is 121 cm³/mol. The van der Waals surface area contributed by atoms with Crippen molar-refractivity contribution in [1.82, 2.24) is 23.7 Å². The van der Waals surface area contributed by atoms with Gasteiger partial charge in [0.15, 0.2) is 16.9 Å². The third-order valence-electron chi connectivity index (χ3n) is 5.17. The number of fused-ring (bicyclic) bond motifs is 1. The Morgan fingerprint density at radius 3 is 2.61 bits per heavy atom. The van der Waals surface area contributed by atoms with E-state index in [0.29, 0.717) is 23.0 Å². The van der Waals surface area contributed by atoms with Crippen LogP contribution in [0.1, 0.15) is 36.6 Å². The Hall–Kier alpha value is -3.66. The maximum absolute atomic E-state index is 13.4. The minimum atomic E-state index is -0.631. The van der Waals surface area contributed by atoms with Gasteiger partial charge in [-0.15, -0.1) is 0 Å². The summed E-state index contributed by atoms with van der Waals surface area (Å²) < 4.78 is 14.1. The van der Waals surface area contributed by atoms with Gasteiger partial charge in [0.25, 0.3) is 5.56 Å². The number of oxazole rings is 1. The molecule has 10 nitrogen and oxygen atoms in total. The topological polar surface area (TPSA) is 114 Å². The molecular formula is C22H22ClN5O5. The number of imidazole rings is 1. The van der Waals surface area contributed by atoms with Crippen LogP contribution in [-0.2, 0) is 17.8 Å². The van der Waals surface area contributed by atoms with Gasteiger partial charge in [0.2, 0.25) is 5.89 Å². The summed E-state index contributed by atoms with van der Waals surface area (Å²) >= 11 is 6.01. The van der Waals surface area contributed by atoms with Gasteiger partial charge in [-0.05, 0) is 36.6 Å². The summed E-state index contributed by atoms with van der Waals surface area (Å²) in [5.41, 5.74) is 0.0216. The third kappa shape index (κ3) is 4.34. The Kier molecular flexibility index (Phi) is 6.19. The lowest BCUT2D eigenvalue weighted by atomic mass is 10.1. The zero-order chi connectivity index (χ0) is 23.7. The minimum Gasteiger partial charge on any atom is -0.464 e. The van der Waals surface area contributed by atoms with Gasteiger partial charge in [0.1, 0.15) is 12.8 Å². The van der Waals surface area contributed by atoms with E-state index in [0.717, 1.165) is 0 Å². The van der Waals surface area contributed by atoms with Crippen LogP contribution in [0.3, 0.4) is 0 Å². The van der Waals surface area contributed by atoms with Crippen LogP contribution in [0.2, 0.25) is 5.02 Å². The molecule has 0 atom stereocenters. The summed E-state index contributed by atoms with van der Waals surface area (Å²) in [6.45, 7) is 4.33. The second kappa shape index (κ2) is 9.07. The molecule has 1 aromatic carbocycles. The number of carbonyl (C=O) groups excluding carboxylic acids is 1. The van der Waals surface area contributed by atoms with Crippen LogP contribution in [0.25, 0.3) is 16.9 Å². The van der Waals surface area contributed by atoms with Crippen molar-refractivity contribution < 1.29 is 13.9 Å². The van der Waals surface area contributed by atoms with Crippen molar-refractivity contribution in [3.05, 3.63) is 74.3 Å². The summed E-state index contributed by atoms with van der Waals surface area (Å²) in [6.07, 6.45) is 3.27. The van der Waals surface area contributed by atoms with Crippen molar-refractivity contribution >= 4 is 28.7 Å². The number of carbonyl (C=O) groups is 1. The highest BCUT2D eigenvalue weighted by Crippen LogP contribution is 2.17. The Bertz CT molecular complexity index is 1430. The molecule has 3 heterocycles. The Labute approximate surface area is 193 Å². The van der Waals surface area contributed by atoms with Crippen LogP contribution in [-0.4, -0.2) is 36.7 Å². The van der Waals surface area contributed by atoms with Crippen molar-refractivity contribution in [2.24, 2.45) is 5.92 Å². The van der Waals surface area contributed by atoms with Crippen LogP contribution in [0.5, 0.6) is 0 Å². The van der Waals surface area contributed by atoms with E-state index in [9.17, 15) is 14.4 Å². The molecule has 172 valence electrons. The van der Waals surface area contributed by atoms with E-state index in [-0.39, 0.29) is 35.8 Å². The Balaban J connectivity index is 1.89. The number of nitrogens with zero attached hydrogens (tertiary/aromatic N) is 5. The zero-order valence-corrected chi connectivity index (χ0v) is 19.1. The van der Waals surface area contributed by atoms with Gasteiger partial charge in [-0.1, -0.05) is 25.4 Å². The lowest BCUT2D eigenvalue weighted by Gasteiger charge is -2.13. The van der Waals surface area contributed by atoms with Crippen LogP contribution < -0.4 is 11.2 Å². The smallest absolute Gasteiger partial charge is 0.360 e. The zero-order valence-electron chi connectivity index (χ0n) is 18.3. The lowest BCUT2D eigenvalue weighted by Crippen LogP contribution is -2.40. The van der Waals surface area contributed by atoms with E-state index in [4.69, 9.17) is 16.0 Å². The number of halogens is 1. The van der Waals surface area contributed by atoms with Gasteiger partial charge in [0, 0.05) is 11.6 Å². The van der Waals surface area contributed by atoms with Gasteiger partial charge >= 0.3 is 11.7 Å². The summed E-state index contributed by atoms with van der Waals surface area (Å²) in [6, 6.07) is 6.71. The summed E-state index contributed by atoms with van der Waals surface area (Å²) in [5.74, 6) is -0.148. The number of rotatable bonds is 7. The lowest BCUT2D eigenvalue weighted by molar-refractivity contribution is 0.0594. The van der Waals surface area contributed by atoms with Gasteiger partial charge < -0.3 is 13.7 Å². The maximum Gasteiger partial charge on any atom is 0.360 e. The van der Waals surface area contributed by atoms with E-state index in [1.165, 1.54) is 28.8 Å². The van der Waals surface area contributed by atoms with Crippen LogP contribution >= 0.6 is 11.6 Å². The van der Waals surface area contributed by atoms with Crippen LogP contribution in [0, 0.1) is 5.92 Å². The molecule has 0 aliphatic rings. The molecule has 0 radical (unpaired) electrons. The largest absolute Gasteiger partial charge is 0.464 e. The first kappa shape index (κ1) is 22.5. The van der Waals surface area contributed by atoms with Crippen molar-refractivity contribution in [3.63, 3.8) is 0 Å². The van der Waals surface area contributed by atoms with Crippen LogP contribution in [0.15, 0.2) is 50.9 Å². The highest BCUT2D eigenvalue weighted by atomic mass is 35.5. The molecule has 0 spiro atoms. The first-order chi connectivity index (χ1) is 15.8. The van der Waals surface area contributed by atoms with E-state index < -0.39 is 17.2 Å². The number of ether oxygens (including phenoxy) is 1. The molecule has 0 bridgehead atoms. The highest BCUT2D eigenvalue weighted by Gasteiger charge is 2.21. The molecule has 3 aromatic heterocycles. The molecule has 11 heteroatoms. The first-order valence-electron chi connectivity index (χ1n) is 10.3. The van der Waals surface area contributed by atoms with Gasteiger partial charge in [-0.2, -0.15) is 0 Å². The summed E-state index contributed by atoms with van der Waals surface area (Å²) in [4.78, 5) is 46.8. The third-order valence-corrected chi connectivity index (χ3v) is 5.42. The molecule has 0 N–H and O–H groups in total. The molecule has 0 aliphatic carbocycles. The molecule has 0 amide bonds. The molecule has 0 fully saturated rings. The number of hydrogen-bond donors (Lipinski definition) is 0. The molecule has 4 aromatic rings. The number of esters is 1. The van der Waals surface area contributed by atoms with E-state index >= 15 is 0 Å². The summed E-state index contributed by atoms with van der Waals surface area (Å²) in [5, 5.41) is 0.520. The first-order valence-corrected chi connectivity index (χ1v) is 10.7. The second-order valence-corrected chi connectivity index (χ2v) is 8.33. The average molecular weight is 472 g/mol.